The van der Waals surface area contributed by atoms with Gasteiger partial charge in [-0.25, -0.2) is 0 Å². The summed E-state index contributed by atoms with van der Waals surface area (Å²) in [7, 11) is 1.58. The SMILES string of the molecule is COc1ccc(C(=O)Nc2ccc3c(c2)CC(C(=O)NC(C)C)CO3)cc1. The van der Waals surface area contributed by atoms with E-state index in [0.717, 1.165) is 11.3 Å². The zero-order valence-electron chi connectivity index (χ0n) is 15.7. The van der Waals surface area contributed by atoms with Crippen molar-refractivity contribution < 1.29 is 19.1 Å². The number of hydrogen-bond donors (Lipinski definition) is 2. The van der Waals surface area contributed by atoms with Gasteiger partial charge in [-0.05, 0) is 68.3 Å². The second-order valence-electron chi connectivity index (χ2n) is 6.88. The number of amides is 2. The third kappa shape index (κ3) is 4.58. The van der Waals surface area contributed by atoms with Gasteiger partial charge < -0.3 is 20.1 Å². The lowest BCUT2D eigenvalue weighted by Crippen LogP contribution is -2.40. The predicted octanol–water partition coefficient (Wildman–Crippen LogP) is 3.02. The van der Waals surface area contributed by atoms with Gasteiger partial charge in [0.25, 0.3) is 5.91 Å². The van der Waals surface area contributed by atoms with Gasteiger partial charge in [-0.3, -0.25) is 9.59 Å². The summed E-state index contributed by atoms with van der Waals surface area (Å²) in [6.07, 6.45) is 0.583. The van der Waals surface area contributed by atoms with Crippen molar-refractivity contribution in [2.24, 2.45) is 5.92 Å². The molecule has 1 heterocycles. The molecule has 0 spiro atoms. The van der Waals surface area contributed by atoms with E-state index in [0.29, 0.717) is 30.0 Å². The number of fused-ring (bicyclic) bond motifs is 1. The fourth-order valence-corrected chi connectivity index (χ4v) is 2.99. The molecule has 0 bridgehead atoms. The van der Waals surface area contributed by atoms with Crippen LogP contribution in [-0.2, 0) is 11.2 Å². The van der Waals surface area contributed by atoms with E-state index in [1.807, 2.05) is 26.0 Å². The molecule has 27 heavy (non-hydrogen) atoms. The molecule has 0 aliphatic carbocycles. The molecule has 1 aliphatic rings. The maximum atomic E-state index is 12.4. The van der Waals surface area contributed by atoms with Crippen molar-refractivity contribution in [3.8, 4) is 11.5 Å². The summed E-state index contributed by atoms with van der Waals surface area (Å²) in [5.74, 6) is 1.01. The van der Waals surface area contributed by atoms with Gasteiger partial charge in [0.2, 0.25) is 5.91 Å². The summed E-state index contributed by atoms with van der Waals surface area (Å²) in [6.45, 7) is 4.23. The molecule has 6 heteroatoms. The molecule has 142 valence electrons. The van der Waals surface area contributed by atoms with Crippen LogP contribution in [0.4, 0.5) is 5.69 Å². The van der Waals surface area contributed by atoms with Crippen LogP contribution in [-0.4, -0.2) is 31.6 Å². The molecule has 6 nitrogen and oxygen atoms in total. The molecule has 0 fully saturated rings. The van der Waals surface area contributed by atoms with Gasteiger partial charge in [0.15, 0.2) is 0 Å². The topological polar surface area (TPSA) is 76.7 Å². The predicted molar refractivity (Wildman–Crippen MR) is 103 cm³/mol. The summed E-state index contributed by atoms with van der Waals surface area (Å²) >= 11 is 0. The first-order valence-electron chi connectivity index (χ1n) is 8.97. The molecule has 2 N–H and O–H groups in total. The first kappa shape index (κ1) is 18.8. The monoisotopic (exact) mass is 368 g/mol. The maximum absolute atomic E-state index is 12.4. The van der Waals surface area contributed by atoms with E-state index in [1.54, 1.807) is 37.4 Å². The maximum Gasteiger partial charge on any atom is 0.255 e. The molecule has 1 atom stereocenters. The van der Waals surface area contributed by atoms with Crippen molar-refractivity contribution in [2.75, 3.05) is 19.0 Å². The zero-order chi connectivity index (χ0) is 19.4. The van der Waals surface area contributed by atoms with E-state index in [-0.39, 0.29) is 23.8 Å². The van der Waals surface area contributed by atoms with E-state index in [9.17, 15) is 9.59 Å². The standard InChI is InChI=1S/C21H24N2O4/c1-13(2)22-21(25)16-10-15-11-17(6-9-19(15)27-12-16)23-20(24)14-4-7-18(26-3)8-5-14/h4-9,11,13,16H,10,12H2,1-3H3,(H,22,25)(H,23,24). The molecule has 2 aromatic carbocycles. The Kier molecular flexibility index (Phi) is 5.64. The summed E-state index contributed by atoms with van der Waals surface area (Å²) < 4.78 is 10.8. The Labute approximate surface area is 158 Å². The lowest BCUT2D eigenvalue weighted by molar-refractivity contribution is -0.126. The lowest BCUT2D eigenvalue weighted by Gasteiger charge is -2.26. The third-order valence-corrected chi connectivity index (χ3v) is 4.38. The number of methoxy groups -OCH3 is 1. The normalized spacial score (nSPS) is 15.5. The molecular weight excluding hydrogens is 344 g/mol. The van der Waals surface area contributed by atoms with Gasteiger partial charge in [-0.1, -0.05) is 0 Å². The molecular formula is C21H24N2O4. The number of carbonyl (C=O) groups is 2. The van der Waals surface area contributed by atoms with Crippen LogP contribution in [0.5, 0.6) is 11.5 Å². The van der Waals surface area contributed by atoms with Crippen LogP contribution >= 0.6 is 0 Å². The van der Waals surface area contributed by atoms with Crippen LogP contribution < -0.4 is 20.1 Å². The fraction of sp³-hybridized carbons (Fsp3) is 0.333. The van der Waals surface area contributed by atoms with Crippen LogP contribution in [0.2, 0.25) is 0 Å². The highest BCUT2D eigenvalue weighted by atomic mass is 16.5. The van der Waals surface area contributed by atoms with E-state index in [4.69, 9.17) is 9.47 Å². The van der Waals surface area contributed by atoms with E-state index < -0.39 is 0 Å². The van der Waals surface area contributed by atoms with Crippen molar-refractivity contribution in [1.29, 1.82) is 0 Å². The van der Waals surface area contributed by atoms with Crippen molar-refractivity contribution in [3.63, 3.8) is 0 Å². The highest BCUT2D eigenvalue weighted by Gasteiger charge is 2.26. The smallest absolute Gasteiger partial charge is 0.255 e. The minimum atomic E-state index is -0.229. The van der Waals surface area contributed by atoms with Crippen LogP contribution in [0, 0.1) is 5.92 Å². The van der Waals surface area contributed by atoms with E-state index >= 15 is 0 Å². The van der Waals surface area contributed by atoms with Gasteiger partial charge >= 0.3 is 0 Å². The third-order valence-electron chi connectivity index (χ3n) is 4.38. The Morgan fingerprint density at radius 1 is 1.15 bits per heavy atom. The number of anilines is 1. The summed E-state index contributed by atoms with van der Waals surface area (Å²) in [6, 6.07) is 12.5. The van der Waals surface area contributed by atoms with Gasteiger partial charge in [-0.15, -0.1) is 0 Å². The number of nitrogens with one attached hydrogen (secondary N) is 2. The minimum Gasteiger partial charge on any atom is -0.497 e. The number of carbonyl (C=O) groups excluding carboxylic acids is 2. The summed E-state index contributed by atoms with van der Waals surface area (Å²) in [5.41, 5.74) is 2.12. The van der Waals surface area contributed by atoms with Gasteiger partial charge in [0.05, 0.1) is 13.0 Å². The average Bonchev–Trinajstić information content (AvgIpc) is 2.67. The van der Waals surface area contributed by atoms with Crippen LogP contribution in [0.25, 0.3) is 0 Å². The second-order valence-corrected chi connectivity index (χ2v) is 6.88. The Morgan fingerprint density at radius 2 is 1.89 bits per heavy atom. The Hall–Kier alpha value is -3.02. The molecule has 1 aliphatic heterocycles. The summed E-state index contributed by atoms with van der Waals surface area (Å²) in [4.78, 5) is 24.7. The van der Waals surface area contributed by atoms with Crippen molar-refractivity contribution in [1.82, 2.24) is 5.32 Å². The molecule has 0 radical (unpaired) electrons. The quantitative estimate of drug-likeness (QED) is 0.851. The number of rotatable bonds is 5. The Bertz CT molecular complexity index is 831. The van der Waals surface area contributed by atoms with Crippen LogP contribution in [0.3, 0.4) is 0 Å². The lowest BCUT2D eigenvalue weighted by atomic mass is 9.95. The van der Waals surface area contributed by atoms with Crippen molar-refractivity contribution in [2.45, 2.75) is 26.3 Å². The highest BCUT2D eigenvalue weighted by molar-refractivity contribution is 6.04. The zero-order valence-corrected chi connectivity index (χ0v) is 15.7. The molecule has 0 saturated heterocycles. The van der Waals surface area contributed by atoms with Crippen molar-refractivity contribution >= 4 is 17.5 Å². The molecule has 1 unspecified atom stereocenters. The molecule has 0 saturated carbocycles. The van der Waals surface area contributed by atoms with Gasteiger partial charge in [-0.2, -0.15) is 0 Å². The van der Waals surface area contributed by atoms with Gasteiger partial charge in [0, 0.05) is 17.3 Å². The van der Waals surface area contributed by atoms with E-state index in [1.165, 1.54) is 0 Å². The minimum absolute atomic E-state index is 0.0108. The first-order chi connectivity index (χ1) is 13.0. The largest absolute Gasteiger partial charge is 0.497 e. The summed E-state index contributed by atoms with van der Waals surface area (Å²) in [5, 5.41) is 5.81. The fourth-order valence-electron chi connectivity index (χ4n) is 2.99. The second kappa shape index (κ2) is 8.12. The highest BCUT2D eigenvalue weighted by Crippen LogP contribution is 2.30. The molecule has 2 aromatic rings. The Balaban J connectivity index is 1.70. The van der Waals surface area contributed by atoms with E-state index in [2.05, 4.69) is 10.6 Å². The number of hydrogen-bond acceptors (Lipinski definition) is 4. The number of ether oxygens (including phenoxy) is 2. The number of benzene rings is 2. The van der Waals surface area contributed by atoms with Crippen LogP contribution in [0.1, 0.15) is 29.8 Å². The Morgan fingerprint density at radius 3 is 2.56 bits per heavy atom. The molecule has 0 aromatic heterocycles. The first-order valence-corrected chi connectivity index (χ1v) is 8.97. The van der Waals surface area contributed by atoms with Crippen LogP contribution in [0.15, 0.2) is 42.5 Å². The van der Waals surface area contributed by atoms with Crippen molar-refractivity contribution in [3.05, 3.63) is 53.6 Å². The molecule has 2 amide bonds. The molecule has 3 rings (SSSR count). The average molecular weight is 368 g/mol. The van der Waals surface area contributed by atoms with Gasteiger partial charge in [0.1, 0.15) is 18.1 Å².